The second-order valence-electron chi connectivity index (χ2n) is 5.46. The first-order valence-corrected chi connectivity index (χ1v) is 6.92. The number of aryl methyl sites for hydroxylation is 1. The van der Waals surface area contributed by atoms with Gasteiger partial charge in [-0.25, -0.2) is 0 Å². The van der Waals surface area contributed by atoms with Crippen molar-refractivity contribution >= 4 is 5.78 Å². The van der Waals surface area contributed by atoms with E-state index < -0.39 is 0 Å². The highest BCUT2D eigenvalue weighted by molar-refractivity contribution is 5.97. The molecule has 0 saturated heterocycles. The third kappa shape index (κ3) is 5.13. The zero-order valence-corrected chi connectivity index (χ0v) is 12.8. The second kappa shape index (κ2) is 7.41. The van der Waals surface area contributed by atoms with Crippen LogP contribution in [-0.4, -0.2) is 55.4 Å². The van der Waals surface area contributed by atoms with Gasteiger partial charge < -0.3 is 4.90 Å². The van der Waals surface area contributed by atoms with Gasteiger partial charge >= 0.3 is 0 Å². The zero-order chi connectivity index (χ0) is 14.4. The third-order valence-corrected chi connectivity index (χ3v) is 3.38. The number of rotatable bonds is 7. The smallest absolute Gasteiger partial charge is 0.176 e. The van der Waals surface area contributed by atoms with Gasteiger partial charge in [-0.3, -0.25) is 9.69 Å². The largest absolute Gasteiger partial charge is 0.308 e. The van der Waals surface area contributed by atoms with Crippen LogP contribution in [0.3, 0.4) is 0 Å². The molecule has 0 spiro atoms. The lowest BCUT2D eigenvalue weighted by atomic mass is 10.1. The molecule has 0 aliphatic rings. The highest BCUT2D eigenvalue weighted by Gasteiger charge is 2.17. The first kappa shape index (κ1) is 15.9. The number of Topliss-reactive ketones (excluding diaryl/α,β-unsaturated/α-hetero) is 1. The Hall–Kier alpha value is -1.19. The lowest BCUT2D eigenvalue weighted by Gasteiger charge is -2.29. The highest BCUT2D eigenvalue weighted by atomic mass is 16.1. The van der Waals surface area contributed by atoms with Gasteiger partial charge in [0.1, 0.15) is 0 Å². The second-order valence-corrected chi connectivity index (χ2v) is 5.46. The van der Waals surface area contributed by atoms with Crippen molar-refractivity contribution in [3.63, 3.8) is 0 Å². The summed E-state index contributed by atoms with van der Waals surface area (Å²) in [7, 11) is 4.12. The number of hydrogen-bond acceptors (Lipinski definition) is 3. The number of ketones is 1. The van der Waals surface area contributed by atoms with Crippen LogP contribution in [0.2, 0.25) is 0 Å². The summed E-state index contributed by atoms with van der Waals surface area (Å²) in [6.45, 7) is 8.67. The molecular formula is C16H26N2O. The van der Waals surface area contributed by atoms with Crippen molar-refractivity contribution in [3.8, 4) is 0 Å². The molecule has 0 fully saturated rings. The Kier molecular flexibility index (Phi) is 6.19. The van der Waals surface area contributed by atoms with Crippen LogP contribution in [0.15, 0.2) is 24.3 Å². The number of benzene rings is 1. The van der Waals surface area contributed by atoms with Crippen LogP contribution in [0.25, 0.3) is 0 Å². The summed E-state index contributed by atoms with van der Waals surface area (Å²) in [5, 5.41) is 0. The van der Waals surface area contributed by atoms with Crippen LogP contribution in [0.5, 0.6) is 0 Å². The van der Waals surface area contributed by atoms with E-state index in [1.54, 1.807) is 0 Å². The van der Waals surface area contributed by atoms with E-state index in [9.17, 15) is 4.79 Å². The molecule has 0 N–H and O–H groups in total. The molecular weight excluding hydrogens is 236 g/mol. The molecule has 0 aromatic heterocycles. The summed E-state index contributed by atoms with van der Waals surface area (Å²) in [4.78, 5) is 16.6. The molecule has 0 heterocycles. The van der Waals surface area contributed by atoms with Crippen LogP contribution in [0.1, 0.15) is 29.8 Å². The third-order valence-electron chi connectivity index (χ3n) is 3.38. The number of carbonyl (C=O) groups excluding carboxylic acids is 1. The van der Waals surface area contributed by atoms with E-state index in [1.807, 2.05) is 31.2 Å². The van der Waals surface area contributed by atoms with Gasteiger partial charge in [0.2, 0.25) is 0 Å². The topological polar surface area (TPSA) is 23.6 Å². The van der Waals surface area contributed by atoms with Gasteiger partial charge in [0.25, 0.3) is 0 Å². The molecule has 106 valence electrons. The van der Waals surface area contributed by atoms with Crippen molar-refractivity contribution in [2.24, 2.45) is 0 Å². The van der Waals surface area contributed by atoms with Gasteiger partial charge in [0, 0.05) is 18.2 Å². The minimum atomic E-state index is 0.201. The molecule has 0 bridgehead atoms. The summed E-state index contributed by atoms with van der Waals surface area (Å²) < 4.78 is 0. The monoisotopic (exact) mass is 262 g/mol. The molecule has 1 rings (SSSR count). The number of carbonyl (C=O) groups is 1. The van der Waals surface area contributed by atoms with E-state index in [-0.39, 0.29) is 5.78 Å². The lowest BCUT2D eigenvalue weighted by Crippen LogP contribution is -2.42. The van der Waals surface area contributed by atoms with Gasteiger partial charge in [-0.2, -0.15) is 0 Å². The van der Waals surface area contributed by atoms with E-state index in [0.717, 1.165) is 18.7 Å². The standard InChI is InChI=1S/C16H26N2O/c1-6-18(14(3)11-17(4)5)12-16(19)15-9-7-13(2)8-10-15/h7-10,14H,6,11-12H2,1-5H3. The van der Waals surface area contributed by atoms with E-state index in [0.29, 0.717) is 12.6 Å². The van der Waals surface area contributed by atoms with Crippen molar-refractivity contribution in [2.75, 3.05) is 33.7 Å². The fourth-order valence-electron chi connectivity index (χ4n) is 2.24. The fourth-order valence-corrected chi connectivity index (χ4v) is 2.24. The molecule has 0 amide bonds. The Morgan fingerprint density at radius 2 is 1.79 bits per heavy atom. The first-order chi connectivity index (χ1) is 8.93. The molecule has 1 aromatic rings. The Bertz CT molecular complexity index is 398. The molecule has 0 saturated carbocycles. The van der Waals surface area contributed by atoms with Crippen molar-refractivity contribution in [2.45, 2.75) is 26.8 Å². The SMILES string of the molecule is CCN(CC(=O)c1ccc(C)cc1)C(C)CN(C)C. The van der Waals surface area contributed by atoms with E-state index in [4.69, 9.17) is 0 Å². The molecule has 0 aliphatic carbocycles. The van der Waals surface area contributed by atoms with Gasteiger partial charge in [0.15, 0.2) is 5.78 Å². The Morgan fingerprint density at radius 3 is 2.26 bits per heavy atom. The summed E-state index contributed by atoms with van der Waals surface area (Å²) in [6, 6.07) is 8.21. The normalized spacial score (nSPS) is 13.0. The Balaban J connectivity index is 2.65. The maximum atomic E-state index is 12.3. The number of hydrogen-bond donors (Lipinski definition) is 0. The minimum absolute atomic E-state index is 0.201. The average molecular weight is 262 g/mol. The quantitative estimate of drug-likeness (QED) is 0.705. The van der Waals surface area contributed by atoms with Gasteiger partial charge in [0.05, 0.1) is 6.54 Å². The van der Waals surface area contributed by atoms with E-state index in [1.165, 1.54) is 5.56 Å². The predicted octanol–water partition coefficient (Wildman–Crippen LogP) is 2.45. The van der Waals surface area contributed by atoms with Crippen molar-refractivity contribution in [1.29, 1.82) is 0 Å². The highest BCUT2D eigenvalue weighted by Crippen LogP contribution is 2.07. The average Bonchev–Trinajstić information content (AvgIpc) is 2.35. The van der Waals surface area contributed by atoms with Crippen LogP contribution < -0.4 is 0 Å². The van der Waals surface area contributed by atoms with Crippen molar-refractivity contribution < 1.29 is 4.79 Å². The number of nitrogens with zero attached hydrogens (tertiary/aromatic N) is 2. The summed E-state index contributed by atoms with van der Waals surface area (Å²) in [6.07, 6.45) is 0. The molecule has 0 aliphatic heterocycles. The maximum absolute atomic E-state index is 12.3. The van der Waals surface area contributed by atoms with Crippen molar-refractivity contribution in [3.05, 3.63) is 35.4 Å². The fraction of sp³-hybridized carbons (Fsp3) is 0.562. The summed E-state index contributed by atoms with van der Waals surface area (Å²) >= 11 is 0. The van der Waals surface area contributed by atoms with Crippen LogP contribution in [0.4, 0.5) is 0 Å². The van der Waals surface area contributed by atoms with Gasteiger partial charge in [-0.1, -0.05) is 36.8 Å². The molecule has 1 atom stereocenters. The van der Waals surface area contributed by atoms with E-state index in [2.05, 4.69) is 37.7 Å². The van der Waals surface area contributed by atoms with Crippen LogP contribution in [-0.2, 0) is 0 Å². The lowest BCUT2D eigenvalue weighted by molar-refractivity contribution is 0.0888. The van der Waals surface area contributed by atoms with Gasteiger partial charge in [-0.15, -0.1) is 0 Å². The van der Waals surface area contributed by atoms with Crippen LogP contribution in [0, 0.1) is 6.92 Å². The summed E-state index contributed by atoms with van der Waals surface area (Å²) in [5.74, 6) is 0.201. The molecule has 3 nitrogen and oxygen atoms in total. The predicted molar refractivity (Wildman–Crippen MR) is 80.8 cm³/mol. The Labute approximate surface area is 117 Å². The molecule has 1 aromatic carbocycles. The molecule has 1 unspecified atom stereocenters. The molecule has 3 heteroatoms. The molecule has 0 radical (unpaired) electrons. The van der Waals surface area contributed by atoms with Crippen LogP contribution >= 0.6 is 0 Å². The maximum Gasteiger partial charge on any atom is 0.176 e. The Morgan fingerprint density at radius 1 is 1.21 bits per heavy atom. The zero-order valence-electron chi connectivity index (χ0n) is 12.8. The van der Waals surface area contributed by atoms with Crippen molar-refractivity contribution in [1.82, 2.24) is 9.80 Å². The summed E-state index contributed by atoms with van der Waals surface area (Å²) in [5.41, 5.74) is 1.99. The minimum Gasteiger partial charge on any atom is -0.308 e. The molecule has 19 heavy (non-hydrogen) atoms. The number of likely N-dealkylation sites (N-methyl/N-ethyl adjacent to an activating group) is 2. The van der Waals surface area contributed by atoms with Gasteiger partial charge in [-0.05, 0) is 34.5 Å². The first-order valence-electron chi connectivity index (χ1n) is 6.92. The van der Waals surface area contributed by atoms with E-state index >= 15 is 0 Å².